The van der Waals surface area contributed by atoms with Crippen molar-refractivity contribution in [2.45, 2.75) is 32.8 Å². The molecule has 0 saturated carbocycles. The predicted octanol–water partition coefficient (Wildman–Crippen LogP) is 2.80. The number of ether oxygens (including phenoxy) is 1. The molecule has 0 amide bonds. The van der Waals surface area contributed by atoms with Gasteiger partial charge in [-0.05, 0) is 45.9 Å². The number of hydrogen-bond acceptors (Lipinski definition) is 4. The third kappa shape index (κ3) is 8.96. The quantitative estimate of drug-likeness (QED) is 0.235. The molecular weight excluding hydrogens is 465 g/mol. The van der Waals surface area contributed by atoms with E-state index >= 15 is 0 Å². The first-order valence-corrected chi connectivity index (χ1v) is 10.1. The Labute approximate surface area is 188 Å². The number of para-hydroxylation sites is 1. The van der Waals surface area contributed by atoms with Crippen LogP contribution >= 0.6 is 24.0 Å². The van der Waals surface area contributed by atoms with Crippen molar-refractivity contribution in [1.29, 1.82) is 0 Å². The maximum Gasteiger partial charge on any atom is 0.191 e. The zero-order valence-corrected chi connectivity index (χ0v) is 20.2. The lowest BCUT2D eigenvalue weighted by atomic mass is 10.1. The molecule has 0 aromatic heterocycles. The molecule has 0 bridgehead atoms. The highest BCUT2D eigenvalue weighted by atomic mass is 127. The van der Waals surface area contributed by atoms with Gasteiger partial charge in [-0.1, -0.05) is 18.2 Å². The minimum Gasteiger partial charge on any atom is -0.377 e. The lowest BCUT2D eigenvalue weighted by molar-refractivity contribution is 0.0310. The minimum absolute atomic E-state index is 0. The van der Waals surface area contributed by atoms with Crippen LogP contribution in [0.3, 0.4) is 0 Å². The van der Waals surface area contributed by atoms with E-state index in [-0.39, 0.29) is 29.6 Å². The van der Waals surface area contributed by atoms with Gasteiger partial charge >= 0.3 is 0 Å². The zero-order valence-electron chi connectivity index (χ0n) is 17.9. The average Bonchev–Trinajstić information content (AvgIpc) is 2.70. The van der Waals surface area contributed by atoms with E-state index in [4.69, 9.17) is 4.74 Å². The summed E-state index contributed by atoms with van der Waals surface area (Å²) in [4.78, 5) is 9.66. The van der Waals surface area contributed by atoms with Crippen LogP contribution in [0.15, 0.2) is 35.3 Å². The molecule has 0 unspecified atom stereocenters. The van der Waals surface area contributed by atoms with E-state index < -0.39 is 0 Å². The molecule has 0 aliphatic carbocycles. The largest absolute Gasteiger partial charge is 0.377 e. The lowest BCUT2D eigenvalue weighted by Gasteiger charge is -2.36. The SMILES string of the molecule is CCNC(=NCC(C)(C)OC)NCCCN1CCN(c2ccccc2)CC1.I. The topological polar surface area (TPSA) is 52.1 Å². The number of rotatable bonds is 9. The van der Waals surface area contributed by atoms with Crippen LogP contribution in [0.5, 0.6) is 0 Å². The van der Waals surface area contributed by atoms with E-state index in [1.165, 1.54) is 5.69 Å². The minimum atomic E-state index is -0.235. The van der Waals surface area contributed by atoms with Gasteiger partial charge in [0.05, 0.1) is 12.1 Å². The van der Waals surface area contributed by atoms with E-state index in [0.717, 1.165) is 58.2 Å². The molecule has 2 N–H and O–H groups in total. The molecule has 1 heterocycles. The van der Waals surface area contributed by atoms with Gasteiger partial charge in [-0.25, -0.2) is 0 Å². The number of guanidine groups is 1. The number of nitrogens with one attached hydrogen (secondary N) is 2. The van der Waals surface area contributed by atoms with Crippen molar-refractivity contribution in [2.24, 2.45) is 4.99 Å². The summed E-state index contributed by atoms with van der Waals surface area (Å²) < 4.78 is 5.44. The fourth-order valence-corrected chi connectivity index (χ4v) is 3.05. The fourth-order valence-electron chi connectivity index (χ4n) is 3.05. The van der Waals surface area contributed by atoms with Crippen LogP contribution in [0.4, 0.5) is 5.69 Å². The second-order valence-electron chi connectivity index (χ2n) is 7.60. The van der Waals surface area contributed by atoms with E-state index in [2.05, 4.69) is 76.5 Å². The molecule has 1 saturated heterocycles. The second-order valence-corrected chi connectivity index (χ2v) is 7.60. The van der Waals surface area contributed by atoms with Crippen molar-refractivity contribution in [3.63, 3.8) is 0 Å². The normalized spacial score (nSPS) is 15.9. The number of nitrogens with zero attached hydrogens (tertiary/aromatic N) is 3. The maximum absolute atomic E-state index is 5.44. The summed E-state index contributed by atoms with van der Waals surface area (Å²) in [6.45, 7) is 14.2. The number of hydrogen-bond donors (Lipinski definition) is 2. The summed E-state index contributed by atoms with van der Waals surface area (Å²) in [5, 5.41) is 6.74. The van der Waals surface area contributed by atoms with Crippen molar-refractivity contribution in [3.05, 3.63) is 30.3 Å². The Kier molecular flexibility index (Phi) is 11.8. The Morgan fingerprint density at radius 2 is 1.79 bits per heavy atom. The molecule has 1 aromatic carbocycles. The number of aliphatic imine (C=N–C) groups is 1. The highest BCUT2D eigenvalue weighted by molar-refractivity contribution is 14.0. The lowest BCUT2D eigenvalue weighted by Crippen LogP contribution is -2.47. The average molecular weight is 503 g/mol. The van der Waals surface area contributed by atoms with Gasteiger partial charge in [-0.2, -0.15) is 0 Å². The Hall–Kier alpha value is -1.06. The number of benzene rings is 1. The first kappa shape index (κ1) is 25.0. The van der Waals surface area contributed by atoms with Crippen molar-refractivity contribution >= 4 is 35.6 Å². The maximum atomic E-state index is 5.44. The molecule has 1 fully saturated rings. The molecule has 0 spiro atoms. The van der Waals surface area contributed by atoms with Crippen LogP contribution in [-0.2, 0) is 4.74 Å². The first-order valence-electron chi connectivity index (χ1n) is 10.1. The molecule has 160 valence electrons. The van der Waals surface area contributed by atoms with Crippen molar-refractivity contribution < 1.29 is 4.74 Å². The molecule has 7 heteroatoms. The number of anilines is 1. The Morgan fingerprint density at radius 1 is 1.11 bits per heavy atom. The zero-order chi connectivity index (χ0) is 19.5. The van der Waals surface area contributed by atoms with Gasteiger partial charge in [-0.3, -0.25) is 9.89 Å². The molecule has 1 aliphatic rings. The first-order chi connectivity index (χ1) is 13.0. The molecule has 28 heavy (non-hydrogen) atoms. The van der Waals surface area contributed by atoms with Gasteiger partial charge in [0, 0.05) is 52.1 Å². The van der Waals surface area contributed by atoms with Crippen LogP contribution in [-0.4, -0.2) is 75.9 Å². The van der Waals surface area contributed by atoms with Crippen LogP contribution in [0.25, 0.3) is 0 Å². The predicted molar refractivity (Wildman–Crippen MR) is 130 cm³/mol. The second kappa shape index (κ2) is 13.2. The Balaban J connectivity index is 0.00000392. The van der Waals surface area contributed by atoms with E-state index in [0.29, 0.717) is 6.54 Å². The van der Waals surface area contributed by atoms with E-state index in [1.54, 1.807) is 7.11 Å². The smallest absolute Gasteiger partial charge is 0.191 e. The summed E-state index contributed by atoms with van der Waals surface area (Å²) in [5.74, 6) is 0.872. The van der Waals surface area contributed by atoms with Gasteiger partial charge in [0.25, 0.3) is 0 Å². The third-order valence-electron chi connectivity index (χ3n) is 4.95. The van der Waals surface area contributed by atoms with E-state index in [9.17, 15) is 0 Å². The highest BCUT2D eigenvalue weighted by Crippen LogP contribution is 2.15. The summed E-state index contributed by atoms with van der Waals surface area (Å²) >= 11 is 0. The molecule has 2 rings (SSSR count). The van der Waals surface area contributed by atoms with Gasteiger partial charge in [-0.15, -0.1) is 24.0 Å². The third-order valence-corrected chi connectivity index (χ3v) is 4.95. The Morgan fingerprint density at radius 3 is 2.39 bits per heavy atom. The van der Waals surface area contributed by atoms with Gasteiger partial charge < -0.3 is 20.3 Å². The molecule has 0 atom stereocenters. The fraction of sp³-hybridized carbons (Fsp3) is 0.667. The molecule has 6 nitrogen and oxygen atoms in total. The van der Waals surface area contributed by atoms with Crippen LogP contribution in [0.1, 0.15) is 27.2 Å². The molecular formula is C21H38IN5O. The summed E-state index contributed by atoms with van der Waals surface area (Å²) in [6.07, 6.45) is 1.11. The summed E-state index contributed by atoms with van der Waals surface area (Å²) in [7, 11) is 1.73. The van der Waals surface area contributed by atoms with Crippen LogP contribution in [0, 0.1) is 0 Å². The van der Waals surface area contributed by atoms with Gasteiger partial charge in [0.2, 0.25) is 0 Å². The summed E-state index contributed by atoms with van der Waals surface area (Å²) in [6, 6.07) is 10.7. The van der Waals surface area contributed by atoms with Crippen LogP contribution in [0.2, 0.25) is 0 Å². The van der Waals surface area contributed by atoms with Gasteiger partial charge in [0.1, 0.15) is 0 Å². The van der Waals surface area contributed by atoms with Crippen molar-refractivity contribution in [3.8, 4) is 0 Å². The highest BCUT2D eigenvalue weighted by Gasteiger charge is 2.17. The van der Waals surface area contributed by atoms with Crippen molar-refractivity contribution in [1.82, 2.24) is 15.5 Å². The molecule has 0 radical (unpaired) electrons. The van der Waals surface area contributed by atoms with Gasteiger partial charge in [0.15, 0.2) is 5.96 Å². The van der Waals surface area contributed by atoms with Crippen molar-refractivity contribution in [2.75, 3.05) is 64.4 Å². The number of halogens is 1. The number of piperazine rings is 1. The molecule has 1 aromatic rings. The monoisotopic (exact) mass is 503 g/mol. The molecule has 1 aliphatic heterocycles. The summed E-state index contributed by atoms with van der Waals surface area (Å²) in [5.41, 5.74) is 1.10. The van der Waals surface area contributed by atoms with E-state index in [1.807, 2.05) is 0 Å². The van der Waals surface area contributed by atoms with Crippen LogP contribution < -0.4 is 15.5 Å². The Bertz CT molecular complexity index is 559. The standard InChI is InChI=1S/C21H37N5O.HI/c1-5-22-20(24-18-21(2,3)27-4)23-12-9-13-25-14-16-26(17-15-25)19-10-7-6-8-11-19;/h6-8,10-11H,5,9,12-18H2,1-4H3,(H2,22,23,24);1H. The number of methoxy groups -OCH3 is 1.